The average Bonchev–Trinajstić information content (AvgIpc) is 3.72. The van der Waals surface area contributed by atoms with Crippen molar-refractivity contribution in [1.82, 2.24) is 39.0 Å². The summed E-state index contributed by atoms with van der Waals surface area (Å²) in [6, 6.07) is 0. The minimum absolute atomic E-state index is 0.0178. The highest BCUT2D eigenvalue weighted by molar-refractivity contribution is 7.47. The molecule has 10 atom stereocenters. The number of hydrogen-bond acceptors (Lipinski definition) is 18. The first-order valence-electron chi connectivity index (χ1n) is 13.0. The standard InChI is InChI=1S/C20H24N10O13P2/c21-14-8-15(24-3-23-14)29(4-25-8)18-12-10(31)6(40-18)1-38-45(36,37)43-13-11(32)7(2-39-44(34,35)42-12)41-19(13)30-5-26-9-16(30)27-20(22)28-17(9)33/h3-7,10-13,18-19,31-32H,1-2H2,(H,34,35)(H,36,37)(H2,21,23,24)(H3,22,27,28,33)/t6-,7-,10+,11+,12+,13+,18+,19+/m0/s1. The lowest BCUT2D eigenvalue weighted by molar-refractivity contribution is -0.0675. The molecule has 7 rings (SSSR count). The van der Waals surface area contributed by atoms with Crippen LogP contribution >= 0.6 is 15.6 Å². The van der Waals surface area contributed by atoms with Crippen LogP contribution in [-0.2, 0) is 36.7 Å². The van der Waals surface area contributed by atoms with Gasteiger partial charge in [0, 0.05) is 0 Å². The lowest BCUT2D eigenvalue weighted by Gasteiger charge is -2.26. The van der Waals surface area contributed by atoms with Gasteiger partial charge in [0.1, 0.15) is 48.5 Å². The van der Waals surface area contributed by atoms with Crippen LogP contribution in [0, 0.1) is 0 Å². The molecule has 0 amide bonds. The maximum atomic E-state index is 13.2. The molecule has 3 aliphatic rings. The number of rotatable bonds is 2. The minimum atomic E-state index is -5.09. The molecule has 3 saturated heterocycles. The fourth-order valence-corrected chi connectivity index (χ4v) is 7.14. The molecule has 7 heterocycles. The fourth-order valence-electron chi connectivity index (χ4n) is 5.28. The first kappa shape index (κ1) is 30.2. The molecular formula is C20H24N10O13P2. The van der Waals surface area contributed by atoms with E-state index in [1.165, 1.54) is 10.9 Å². The number of nitrogens with zero attached hydrogens (tertiary/aromatic N) is 7. The summed E-state index contributed by atoms with van der Waals surface area (Å²) in [5.41, 5.74) is 10.8. The molecule has 2 unspecified atom stereocenters. The van der Waals surface area contributed by atoms with Crippen molar-refractivity contribution in [2.75, 3.05) is 24.7 Å². The van der Waals surface area contributed by atoms with Crippen molar-refractivity contribution in [3.05, 3.63) is 29.3 Å². The molecule has 0 spiro atoms. The monoisotopic (exact) mass is 674 g/mol. The minimum Gasteiger partial charge on any atom is -0.387 e. The highest BCUT2D eigenvalue weighted by Gasteiger charge is 2.54. The molecule has 0 aromatic carbocycles. The number of hydrogen-bond donors (Lipinski definition) is 7. The molecule has 9 N–H and O–H groups in total. The number of H-pyrrole nitrogens is 1. The number of fused-ring (bicyclic) bond motifs is 6. The Kier molecular flexibility index (Phi) is 7.27. The number of anilines is 2. The van der Waals surface area contributed by atoms with Gasteiger partial charge in [-0.25, -0.2) is 29.1 Å². The summed E-state index contributed by atoms with van der Waals surface area (Å²) in [5, 5.41) is 22.1. The van der Waals surface area contributed by atoms with Crippen LogP contribution in [0.1, 0.15) is 12.5 Å². The summed E-state index contributed by atoms with van der Waals surface area (Å²) in [6.07, 6.45) is -9.33. The normalized spacial score (nSPS) is 37.7. The molecule has 3 fully saturated rings. The maximum Gasteiger partial charge on any atom is 0.472 e. The van der Waals surface area contributed by atoms with Crippen LogP contribution in [-0.4, -0.2) is 109 Å². The Hall–Kier alpha value is -3.44. The summed E-state index contributed by atoms with van der Waals surface area (Å²) in [6.45, 7) is -1.65. The van der Waals surface area contributed by atoms with Crippen molar-refractivity contribution in [3.8, 4) is 0 Å². The van der Waals surface area contributed by atoms with Crippen molar-refractivity contribution < 1.29 is 56.7 Å². The lowest BCUT2D eigenvalue weighted by atomic mass is 10.1. The van der Waals surface area contributed by atoms with Gasteiger partial charge in [0.2, 0.25) is 5.95 Å². The Morgan fingerprint density at radius 1 is 0.822 bits per heavy atom. The molecule has 23 nitrogen and oxygen atoms in total. The summed E-state index contributed by atoms with van der Waals surface area (Å²) in [5.74, 6) is -0.270. The number of ether oxygens (including phenoxy) is 2. The van der Waals surface area contributed by atoms with Gasteiger partial charge in [-0.05, 0) is 0 Å². The van der Waals surface area contributed by atoms with E-state index in [4.69, 9.17) is 39.0 Å². The molecule has 45 heavy (non-hydrogen) atoms. The Morgan fingerprint density at radius 3 is 1.93 bits per heavy atom. The number of nitrogen functional groups attached to an aromatic ring is 2. The second-order valence-corrected chi connectivity index (χ2v) is 13.0. The van der Waals surface area contributed by atoms with E-state index in [0.717, 1.165) is 17.2 Å². The van der Waals surface area contributed by atoms with Crippen LogP contribution in [0.4, 0.5) is 11.8 Å². The molecule has 4 bridgehead atoms. The summed E-state index contributed by atoms with van der Waals surface area (Å²) >= 11 is 0. The van der Waals surface area contributed by atoms with Crippen molar-refractivity contribution in [2.45, 2.75) is 49.1 Å². The zero-order valence-corrected chi connectivity index (χ0v) is 24.2. The summed E-state index contributed by atoms with van der Waals surface area (Å²) in [7, 11) is -10.2. The van der Waals surface area contributed by atoms with E-state index >= 15 is 0 Å². The molecule has 4 aromatic rings. The van der Waals surface area contributed by atoms with E-state index in [-0.39, 0.29) is 34.1 Å². The number of aromatic nitrogens is 8. The maximum absolute atomic E-state index is 13.2. The third-order valence-electron chi connectivity index (χ3n) is 7.33. The molecule has 0 saturated carbocycles. The van der Waals surface area contributed by atoms with Crippen molar-refractivity contribution >= 4 is 49.7 Å². The number of aliphatic hydroxyl groups excluding tert-OH is 2. The molecule has 25 heteroatoms. The van der Waals surface area contributed by atoms with Gasteiger partial charge in [0.15, 0.2) is 35.1 Å². The number of nitrogens with two attached hydrogens (primary N) is 2. The van der Waals surface area contributed by atoms with Gasteiger partial charge in [-0.3, -0.25) is 37.0 Å². The fraction of sp³-hybridized carbons (Fsp3) is 0.500. The highest BCUT2D eigenvalue weighted by Crippen LogP contribution is 2.53. The topological polar surface area (TPSA) is 330 Å². The summed E-state index contributed by atoms with van der Waals surface area (Å²) < 4.78 is 61.2. The number of phosphoric ester groups is 2. The van der Waals surface area contributed by atoms with Gasteiger partial charge < -0.3 is 40.9 Å². The van der Waals surface area contributed by atoms with Gasteiger partial charge in [-0.2, -0.15) is 4.98 Å². The highest BCUT2D eigenvalue weighted by atomic mass is 31.2. The van der Waals surface area contributed by atoms with Gasteiger partial charge in [-0.15, -0.1) is 0 Å². The number of aromatic amines is 1. The van der Waals surface area contributed by atoms with Crippen molar-refractivity contribution in [3.63, 3.8) is 0 Å². The van der Waals surface area contributed by atoms with Crippen LogP contribution in [0.25, 0.3) is 22.3 Å². The number of nitrogens with one attached hydrogen (secondary N) is 1. The first-order chi connectivity index (χ1) is 21.3. The summed E-state index contributed by atoms with van der Waals surface area (Å²) in [4.78, 5) is 55.8. The van der Waals surface area contributed by atoms with Crippen LogP contribution in [0.2, 0.25) is 0 Å². The van der Waals surface area contributed by atoms with E-state index in [1.807, 2.05) is 0 Å². The second-order valence-electron chi connectivity index (χ2n) is 10.1. The van der Waals surface area contributed by atoms with Gasteiger partial charge >= 0.3 is 15.6 Å². The molecule has 0 aliphatic carbocycles. The Balaban J connectivity index is 1.23. The van der Waals surface area contributed by atoms with Gasteiger partial charge in [-0.1, -0.05) is 0 Å². The zero-order chi connectivity index (χ0) is 31.8. The van der Waals surface area contributed by atoms with Crippen LogP contribution in [0.5, 0.6) is 0 Å². The number of aliphatic hydroxyl groups is 2. The predicted molar refractivity (Wildman–Crippen MR) is 143 cm³/mol. The average molecular weight is 674 g/mol. The van der Waals surface area contributed by atoms with Crippen LogP contribution < -0.4 is 17.0 Å². The van der Waals surface area contributed by atoms with Crippen molar-refractivity contribution in [2.24, 2.45) is 0 Å². The van der Waals surface area contributed by atoms with Crippen LogP contribution in [0.15, 0.2) is 23.8 Å². The van der Waals surface area contributed by atoms with E-state index in [9.17, 15) is 33.9 Å². The lowest BCUT2D eigenvalue weighted by Crippen LogP contribution is -2.38. The SMILES string of the molecule is Nc1nc2c(ncn2[C@@H]2O[C@H]3COP(=O)(O)O[C@@H]4[C@H](O)[C@H](COP(=O)(O)O[C@@H]2[C@@H]3O)O[C@H]4n2cnc3c(N)ncnc32)c(=O)[nH]1. The third-order valence-corrected chi connectivity index (χ3v) is 9.30. The quantitative estimate of drug-likeness (QED) is 0.109. The Morgan fingerprint density at radius 2 is 1.36 bits per heavy atom. The molecule has 3 aliphatic heterocycles. The smallest absolute Gasteiger partial charge is 0.387 e. The first-order valence-corrected chi connectivity index (χ1v) is 15.9. The zero-order valence-electron chi connectivity index (χ0n) is 22.4. The van der Waals surface area contributed by atoms with Crippen molar-refractivity contribution in [1.29, 1.82) is 0 Å². The second kappa shape index (κ2) is 10.8. The number of phosphoric acid groups is 2. The van der Waals surface area contributed by atoms with E-state index in [1.54, 1.807) is 0 Å². The van der Waals surface area contributed by atoms with E-state index in [2.05, 4.69) is 29.9 Å². The van der Waals surface area contributed by atoms with E-state index in [0.29, 0.717) is 0 Å². The molecule has 0 radical (unpaired) electrons. The molecule has 4 aromatic heterocycles. The molecule has 242 valence electrons. The molecular weight excluding hydrogens is 650 g/mol. The van der Waals surface area contributed by atoms with Crippen LogP contribution in [0.3, 0.4) is 0 Å². The van der Waals surface area contributed by atoms with Gasteiger partial charge in [0.25, 0.3) is 5.56 Å². The van der Waals surface area contributed by atoms with E-state index < -0.39 is 83.5 Å². The van der Waals surface area contributed by atoms with Gasteiger partial charge in [0.05, 0.1) is 25.9 Å². The third kappa shape index (κ3) is 5.31. The Bertz CT molecular complexity index is 1940. The largest absolute Gasteiger partial charge is 0.472 e. The number of imidazole rings is 2. The Labute approximate surface area is 248 Å². The predicted octanol–water partition coefficient (Wildman–Crippen LogP) is -2.34.